The molecule has 0 amide bonds. The monoisotopic (exact) mass is 404 g/mol. The van der Waals surface area contributed by atoms with Gasteiger partial charge in [-0.2, -0.15) is 10.1 Å². The molecule has 0 saturated heterocycles. The largest absolute Gasteiger partial charge is 0.508 e. The molecule has 0 aliphatic carbocycles. The van der Waals surface area contributed by atoms with Gasteiger partial charge in [0.15, 0.2) is 11.2 Å². The number of aryl methyl sites for hydroxylation is 2. The highest BCUT2D eigenvalue weighted by atomic mass is 16.3. The molecule has 2 aromatic carbocycles. The molecule has 4 rings (SSSR count). The van der Waals surface area contributed by atoms with Crippen molar-refractivity contribution in [2.24, 2.45) is 12.1 Å². The summed E-state index contributed by atoms with van der Waals surface area (Å²) in [5.74, 6) is 0.493. The Morgan fingerprint density at radius 1 is 1.13 bits per heavy atom. The maximum atomic E-state index is 12.5. The van der Waals surface area contributed by atoms with Gasteiger partial charge in [0.2, 0.25) is 5.95 Å². The van der Waals surface area contributed by atoms with Crippen LogP contribution in [0, 0.1) is 6.92 Å². The van der Waals surface area contributed by atoms with Crippen LogP contribution in [-0.4, -0.2) is 30.4 Å². The summed E-state index contributed by atoms with van der Waals surface area (Å²) in [7, 11) is 1.55. The van der Waals surface area contributed by atoms with E-state index in [1.165, 1.54) is 4.57 Å². The van der Waals surface area contributed by atoms with Crippen LogP contribution in [0.2, 0.25) is 0 Å². The minimum absolute atomic E-state index is 0.167. The highest BCUT2D eigenvalue weighted by Gasteiger charge is 2.17. The summed E-state index contributed by atoms with van der Waals surface area (Å²) in [6.07, 6.45) is 1.57. The number of rotatable bonds is 5. The third-order valence-corrected chi connectivity index (χ3v) is 4.74. The molecule has 30 heavy (non-hydrogen) atoms. The highest BCUT2D eigenvalue weighted by molar-refractivity contribution is 5.80. The van der Waals surface area contributed by atoms with Crippen LogP contribution in [0.1, 0.15) is 16.7 Å². The number of aromatic hydroxyl groups is 1. The summed E-state index contributed by atoms with van der Waals surface area (Å²) in [6, 6.07) is 14.5. The van der Waals surface area contributed by atoms with Crippen LogP contribution >= 0.6 is 0 Å². The van der Waals surface area contributed by atoms with Gasteiger partial charge in [0, 0.05) is 7.05 Å². The number of benzene rings is 2. The maximum absolute atomic E-state index is 12.5. The SMILES string of the molecule is Cc1ccc(Cn2c(NN=Cc3ccc(O)cc3)nc3c2c(=O)[nH]c(=O)n3C)cc1. The summed E-state index contributed by atoms with van der Waals surface area (Å²) in [5.41, 5.74) is 5.23. The topological polar surface area (TPSA) is 117 Å². The fourth-order valence-electron chi connectivity index (χ4n) is 3.07. The van der Waals surface area contributed by atoms with E-state index < -0.39 is 11.2 Å². The van der Waals surface area contributed by atoms with E-state index in [0.717, 1.165) is 16.7 Å². The lowest BCUT2D eigenvalue weighted by atomic mass is 10.1. The summed E-state index contributed by atoms with van der Waals surface area (Å²) in [5, 5.41) is 13.6. The van der Waals surface area contributed by atoms with Crippen molar-refractivity contribution in [1.29, 1.82) is 0 Å². The number of aromatic amines is 1. The Morgan fingerprint density at radius 3 is 2.53 bits per heavy atom. The number of nitrogens with zero attached hydrogens (tertiary/aromatic N) is 4. The Bertz CT molecular complexity index is 1350. The lowest BCUT2D eigenvalue weighted by Crippen LogP contribution is -2.29. The molecule has 0 bridgehead atoms. The molecule has 9 heteroatoms. The molecular formula is C21H20N6O3. The van der Waals surface area contributed by atoms with Crippen LogP contribution in [0.25, 0.3) is 11.2 Å². The van der Waals surface area contributed by atoms with Crippen LogP contribution in [0.3, 0.4) is 0 Å². The van der Waals surface area contributed by atoms with Crippen molar-refractivity contribution in [3.05, 3.63) is 86.1 Å². The van der Waals surface area contributed by atoms with Crippen molar-refractivity contribution >= 4 is 23.3 Å². The first-order chi connectivity index (χ1) is 14.4. The number of H-pyrrole nitrogens is 1. The van der Waals surface area contributed by atoms with Crippen LogP contribution in [-0.2, 0) is 13.6 Å². The van der Waals surface area contributed by atoms with E-state index in [0.29, 0.717) is 12.5 Å². The summed E-state index contributed by atoms with van der Waals surface area (Å²) >= 11 is 0. The van der Waals surface area contributed by atoms with E-state index in [1.54, 1.807) is 42.1 Å². The molecule has 0 unspecified atom stereocenters. The summed E-state index contributed by atoms with van der Waals surface area (Å²) in [6.45, 7) is 2.37. The average Bonchev–Trinajstić information content (AvgIpc) is 3.08. The molecular weight excluding hydrogens is 384 g/mol. The van der Waals surface area contributed by atoms with E-state index in [4.69, 9.17) is 0 Å². The Hall–Kier alpha value is -4.14. The molecule has 0 spiro atoms. The van der Waals surface area contributed by atoms with Gasteiger partial charge in [0.1, 0.15) is 5.75 Å². The molecule has 0 fully saturated rings. The predicted octanol–water partition coefficient (Wildman–Crippen LogP) is 1.93. The van der Waals surface area contributed by atoms with Crippen molar-refractivity contribution in [3.63, 3.8) is 0 Å². The number of phenolic OH excluding ortho intramolecular Hbond substituents is 1. The van der Waals surface area contributed by atoms with Gasteiger partial charge in [0.05, 0.1) is 12.8 Å². The van der Waals surface area contributed by atoms with Gasteiger partial charge in [-0.25, -0.2) is 10.2 Å². The molecule has 152 valence electrons. The molecule has 0 radical (unpaired) electrons. The van der Waals surface area contributed by atoms with Gasteiger partial charge in [0.25, 0.3) is 5.56 Å². The molecule has 3 N–H and O–H groups in total. The quantitative estimate of drug-likeness (QED) is 0.347. The first-order valence-corrected chi connectivity index (χ1v) is 9.25. The fraction of sp³-hybridized carbons (Fsp3) is 0.143. The number of phenols is 1. The Labute approximate surface area is 171 Å². The van der Waals surface area contributed by atoms with Crippen LogP contribution in [0.4, 0.5) is 5.95 Å². The smallest absolute Gasteiger partial charge is 0.329 e. The Balaban J connectivity index is 1.77. The lowest BCUT2D eigenvalue weighted by molar-refractivity contribution is 0.475. The highest BCUT2D eigenvalue weighted by Crippen LogP contribution is 2.18. The second-order valence-corrected chi connectivity index (χ2v) is 6.96. The summed E-state index contributed by atoms with van der Waals surface area (Å²) in [4.78, 5) is 31.3. The van der Waals surface area contributed by atoms with Crippen molar-refractivity contribution in [1.82, 2.24) is 19.1 Å². The Kier molecular flexibility index (Phi) is 4.93. The number of nitrogens with one attached hydrogen (secondary N) is 2. The second-order valence-electron chi connectivity index (χ2n) is 6.96. The van der Waals surface area contributed by atoms with Gasteiger partial charge in [-0.1, -0.05) is 29.8 Å². The first-order valence-electron chi connectivity index (χ1n) is 9.25. The minimum atomic E-state index is -0.536. The number of hydrazone groups is 1. The van der Waals surface area contributed by atoms with Gasteiger partial charge in [-0.3, -0.25) is 18.9 Å². The van der Waals surface area contributed by atoms with Crippen molar-refractivity contribution in [2.75, 3.05) is 5.43 Å². The van der Waals surface area contributed by atoms with Crippen LogP contribution < -0.4 is 16.7 Å². The zero-order chi connectivity index (χ0) is 21.3. The fourth-order valence-corrected chi connectivity index (χ4v) is 3.07. The average molecular weight is 404 g/mol. The van der Waals surface area contributed by atoms with Gasteiger partial charge >= 0.3 is 5.69 Å². The molecule has 2 aromatic heterocycles. The van der Waals surface area contributed by atoms with Crippen LogP contribution in [0.15, 0.2) is 63.2 Å². The maximum Gasteiger partial charge on any atom is 0.329 e. The first kappa shape index (κ1) is 19.2. The zero-order valence-electron chi connectivity index (χ0n) is 16.5. The number of aromatic nitrogens is 4. The van der Waals surface area contributed by atoms with Crippen molar-refractivity contribution in [3.8, 4) is 5.75 Å². The molecule has 0 aliphatic heterocycles. The van der Waals surface area contributed by atoms with Crippen LogP contribution in [0.5, 0.6) is 5.75 Å². The normalized spacial score (nSPS) is 11.4. The van der Waals surface area contributed by atoms with Gasteiger partial charge < -0.3 is 5.11 Å². The van der Waals surface area contributed by atoms with Gasteiger partial charge in [-0.05, 0) is 42.3 Å². The number of anilines is 1. The second kappa shape index (κ2) is 7.70. The molecule has 9 nitrogen and oxygen atoms in total. The zero-order valence-corrected chi connectivity index (χ0v) is 16.5. The molecule has 0 atom stereocenters. The number of fused-ring (bicyclic) bond motifs is 1. The molecule has 4 aromatic rings. The number of hydrogen-bond acceptors (Lipinski definition) is 6. The molecule has 0 saturated carbocycles. The van der Waals surface area contributed by atoms with Gasteiger partial charge in [-0.15, -0.1) is 0 Å². The van der Waals surface area contributed by atoms with E-state index in [1.807, 2.05) is 31.2 Å². The summed E-state index contributed by atoms with van der Waals surface area (Å²) < 4.78 is 2.98. The number of hydrogen-bond donors (Lipinski definition) is 3. The molecule has 0 aliphatic rings. The van der Waals surface area contributed by atoms with Crippen molar-refractivity contribution in [2.45, 2.75) is 13.5 Å². The third kappa shape index (κ3) is 3.72. The lowest BCUT2D eigenvalue weighted by Gasteiger charge is -2.08. The van der Waals surface area contributed by atoms with E-state index >= 15 is 0 Å². The third-order valence-electron chi connectivity index (χ3n) is 4.74. The standard InChI is InChI=1S/C21H20N6O3/c1-13-3-5-15(6-4-13)12-27-17-18(26(2)21(30)24-19(17)29)23-20(27)25-22-11-14-7-9-16(28)10-8-14/h3-11,28H,12H2,1-2H3,(H,23,25)(H,24,29,30). The van der Waals surface area contributed by atoms with E-state index in [-0.39, 0.29) is 16.9 Å². The number of imidazole rings is 1. The van der Waals surface area contributed by atoms with Crippen molar-refractivity contribution < 1.29 is 5.11 Å². The van der Waals surface area contributed by atoms with E-state index in [2.05, 4.69) is 20.5 Å². The van der Waals surface area contributed by atoms with E-state index in [9.17, 15) is 14.7 Å². The minimum Gasteiger partial charge on any atom is -0.508 e. The molecule has 2 heterocycles. The Morgan fingerprint density at radius 2 is 1.83 bits per heavy atom. The predicted molar refractivity (Wildman–Crippen MR) is 115 cm³/mol.